The summed E-state index contributed by atoms with van der Waals surface area (Å²) in [5.41, 5.74) is 2.28. The fourth-order valence-corrected chi connectivity index (χ4v) is 3.76. The molecule has 0 atom stereocenters. The molecule has 0 fully saturated rings. The van der Waals surface area contributed by atoms with Crippen LogP contribution in [0.15, 0.2) is 97.1 Å². The second kappa shape index (κ2) is 16.5. The highest BCUT2D eigenvalue weighted by atomic mass is 16.5. The van der Waals surface area contributed by atoms with E-state index in [1.807, 2.05) is 18.2 Å². The van der Waals surface area contributed by atoms with Crippen LogP contribution in [0.4, 0.5) is 0 Å². The molecule has 0 heterocycles. The van der Waals surface area contributed by atoms with Crippen LogP contribution in [0.3, 0.4) is 0 Å². The highest BCUT2D eigenvalue weighted by molar-refractivity contribution is 6.06. The SMILES string of the molecule is C=C(C)C(=O)OCCCCCCCCOc1ccc(OC(=O)c2ccc(/C=C/C(=O)c3ccccc3)cc2)cc1. The number of unbranched alkanes of at least 4 members (excludes halogenated alkanes) is 5. The third kappa shape index (κ3) is 10.7. The molecule has 3 aromatic carbocycles. The maximum absolute atomic E-state index is 12.5. The molecule has 0 bridgehead atoms. The van der Waals surface area contributed by atoms with E-state index in [0.717, 1.165) is 49.8 Å². The molecule has 0 saturated carbocycles. The van der Waals surface area contributed by atoms with Crippen LogP contribution in [0.5, 0.6) is 11.5 Å². The minimum atomic E-state index is -0.460. The van der Waals surface area contributed by atoms with Gasteiger partial charge in [-0.05, 0) is 67.8 Å². The van der Waals surface area contributed by atoms with Gasteiger partial charge in [-0.3, -0.25) is 4.79 Å². The minimum absolute atomic E-state index is 0.0796. The normalized spacial score (nSPS) is 10.7. The van der Waals surface area contributed by atoms with Crippen LogP contribution in [0.1, 0.15) is 71.7 Å². The first-order valence-corrected chi connectivity index (χ1v) is 13.6. The highest BCUT2D eigenvalue weighted by Gasteiger charge is 2.09. The number of esters is 2. The van der Waals surface area contributed by atoms with Crippen LogP contribution >= 0.6 is 0 Å². The molecule has 0 aliphatic rings. The molecule has 0 aliphatic carbocycles. The molecule has 6 nitrogen and oxygen atoms in total. The Kier molecular flexibility index (Phi) is 12.4. The van der Waals surface area contributed by atoms with E-state index in [1.165, 1.54) is 6.08 Å². The highest BCUT2D eigenvalue weighted by Crippen LogP contribution is 2.20. The minimum Gasteiger partial charge on any atom is -0.494 e. The summed E-state index contributed by atoms with van der Waals surface area (Å²) in [6.07, 6.45) is 9.35. The smallest absolute Gasteiger partial charge is 0.343 e. The second-order valence-electron chi connectivity index (χ2n) is 9.43. The summed E-state index contributed by atoms with van der Waals surface area (Å²) in [6.45, 7) is 6.28. The van der Waals surface area contributed by atoms with Crippen molar-refractivity contribution in [3.05, 3.63) is 114 Å². The summed E-state index contributed by atoms with van der Waals surface area (Å²) in [6, 6.07) is 22.9. The zero-order chi connectivity index (χ0) is 28.6. The summed E-state index contributed by atoms with van der Waals surface area (Å²) in [5, 5.41) is 0. The summed E-state index contributed by atoms with van der Waals surface area (Å²) in [5.74, 6) is 0.295. The number of hydrogen-bond acceptors (Lipinski definition) is 6. The molecule has 40 heavy (non-hydrogen) atoms. The first-order chi connectivity index (χ1) is 19.4. The summed E-state index contributed by atoms with van der Waals surface area (Å²) in [7, 11) is 0. The van der Waals surface area contributed by atoms with Crippen LogP contribution in [-0.2, 0) is 9.53 Å². The zero-order valence-electron chi connectivity index (χ0n) is 23.0. The molecule has 3 aromatic rings. The van der Waals surface area contributed by atoms with Gasteiger partial charge in [-0.1, -0.05) is 80.8 Å². The van der Waals surface area contributed by atoms with E-state index in [9.17, 15) is 14.4 Å². The van der Waals surface area contributed by atoms with Gasteiger partial charge in [0.1, 0.15) is 11.5 Å². The van der Waals surface area contributed by atoms with Gasteiger partial charge in [0.25, 0.3) is 0 Å². The van der Waals surface area contributed by atoms with Crippen molar-refractivity contribution >= 4 is 23.8 Å². The Hall–Kier alpha value is -4.45. The molecule has 6 heteroatoms. The van der Waals surface area contributed by atoms with Gasteiger partial charge in [-0.15, -0.1) is 0 Å². The number of ether oxygens (including phenoxy) is 3. The van der Waals surface area contributed by atoms with Gasteiger partial charge in [-0.2, -0.15) is 0 Å². The first kappa shape index (κ1) is 30.1. The van der Waals surface area contributed by atoms with E-state index in [0.29, 0.717) is 35.7 Å². The molecule has 0 saturated heterocycles. The quantitative estimate of drug-likeness (QED) is 0.0611. The predicted octanol–water partition coefficient (Wildman–Crippen LogP) is 7.64. The Morgan fingerprint density at radius 2 is 1.30 bits per heavy atom. The van der Waals surface area contributed by atoms with E-state index in [-0.39, 0.29) is 11.8 Å². The van der Waals surface area contributed by atoms with Crippen LogP contribution in [0.25, 0.3) is 6.08 Å². The predicted molar refractivity (Wildman–Crippen MR) is 157 cm³/mol. The largest absolute Gasteiger partial charge is 0.494 e. The second-order valence-corrected chi connectivity index (χ2v) is 9.43. The average molecular weight is 541 g/mol. The maximum Gasteiger partial charge on any atom is 0.343 e. The molecule has 0 aromatic heterocycles. The topological polar surface area (TPSA) is 78.9 Å². The summed E-state index contributed by atoms with van der Waals surface area (Å²) in [4.78, 5) is 36.0. The van der Waals surface area contributed by atoms with Crippen LogP contribution in [-0.4, -0.2) is 30.9 Å². The fraction of sp³-hybridized carbons (Fsp3) is 0.265. The first-order valence-electron chi connectivity index (χ1n) is 13.6. The lowest BCUT2D eigenvalue weighted by Gasteiger charge is -2.08. The van der Waals surface area contributed by atoms with Crippen molar-refractivity contribution in [1.82, 2.24) is 0 Å². The molecule has 0 amide bonds. The van der Waals surface area contributed by atoms with Crippen molar-refractivity contribution in [3.8, 4) is 11.5 Å². The van der Waals surface area contributed by atoms with Gasteiger partial charge >= 0.3 is 11.9 Å². The lowest BCUT2D eigenvalue weighted by atomic mass is 10.1. The fourth-order valence-electron chi connectivity index (χ4n) is 3.76. The monoisotopic (exact) mass is 540 g/mol. The molecule has 0 radical (unpaired) electrons. The lowest BCUT2D eigenvalue weighted by Crippen LogP contribution is -2.08. The number of hydrogen-bond donors (Lipinski definition) is 0. The molecule has 0 spiro atoms. The third-order valence-corrected chi connectivity index (χ3v) is 6.06. The van der Waals surface area contributed by atoms with Crippen molar-refractivity contribution in [3.63, 3.8) is 0 Å². The Labute approximate surface area is 236 Å². The maximum atomic E-state index is 12.5. The number of rotatable bonds is 16. The Bertz CT molecular complexity index is 1270. The molecule has 0 unspecified atom stereocenters. The van der Waals surface area contributed by atoms with E-state index in [1.54, 1.807) is 73.7 Å². The van der Waals surface area contributed by atoms with E-state index < -0.39 is 5.97 Å². The van der Waals surface area contributed by atoms with Gasteiger partial charge in [-0.25, -0.2) is 9.59 Å². The van der Waals surface area contributed by atoms with Crippen molar-refractivity contribution in [1.29, 1.82) is 0 Å². The Balaban J connectivity index is 1.31. The molecule has 0 aliphatic heterocycles. The van der Waals surface area contributed by atoms with Crippen molar-refractivity contribution in [2.24, 2.45) is 0 Å². The van der Waals surface area contributed by atoms with Crippen molar-refractivity contribution in [2.45, 2.75) is 45.4 Å². The van der Waals surface area contributed by atoms with Gasteiger partial charge in [0.05, 0.1) is 18.8 Å². The number of carbonyl (C=O) groups is 3. The molecule has 0 N–H and O–H groups in total. The van der Waals surface area contributed by atoms with Gasteiger partial charge in [0, 0.05) is 11.1 Å². The van der Waals surface area contributed by atoms with Crippen molar-refractivity contribution < 1.29 is 28.6 Å². The number of allylic oxidation sites excluding steroid dienone is 1. The van der Waals surface area contributed by atoms with E-state index >= 15 is 0 Å². The number of benzene rings is 3. The van der Waals surface area contributed by atoms with Crippen LogP contribution in [0.2, 0.25) is 0 Å². The third-order valence-electron chi connectivity index (χ3n) is 6.06. The molecular weight excluding hydrogens is 504 g/mol. The summed E-state index contributed by atoms with van der Waals surface area (Å²) < 4.78 is 16.3. The average Bonchev–Trinajstić information content (AvgIpc) is 2.98. The number of carbonyl (C=O) groups excluding carboxylic acids is 3. The zero-order valence-corrected chi connectivity index (χ0v) is 23.0. The molecule has 208 valence electrons. The molecular formula is C34H36O6. The lowest BCUT2D eigenvalue weighted by molar-refractivity contribution is -0.139. The summed E-state index contributed by atoms with van der Waals surface area (Å²) >= 11 is 0. The molecule has 3 rings (SSSR count). The van der Waals surface area contributed by atoms with Crippen LogP contribution in [0, 0.1) is 0 Å². The van der Waals surface area contributed by atoms with Crippen LogP contribution < -0.4 is 9.47 Å². The van der Waals surface area contributed by atoms with Crippen molar-refractivity contribution in [2.75, 3.05) is 13.2 Å². The number of ketones is 1. The van der Waals surface area contributed by atoms with E-state index in [2.05, 4.69) is 6.58 Å². The Morgan fingerprint density at radius 3 is 1.95 bits per heavy atom. The van der Waals surface area contributed by atoms with E-state index in [4.69, 9.17) is 14.2 Å². The van der Waals surface area contributed by atoms with Gasteiger partial charge in [0.15, 0.2) is 5.78 Å². The van der Waals surface area contributed by atoms with Gasteiger partial charge < -0.3 is 14.2 Å². The standard InChI is InChI=1S/C34H36O6/c1-26(2)33(36)39-25-11-6-4-3-5-10-24-38-30-19-21-31(22-20-30)40-34(37)29-17-14-27(15-18-29)16-23-32(35)28-12-8-7-9-13-28/h7-9,12-23H,1,3-6,10-11,24-25H2,2H3/b23-16+. The van der Waals surface area contributed by atoms with Gasteiger partial charge in [0.2, 0.25) is 0 Å². The Morgan fingerprint density at radius 1 is 0.700 bits per heavy atom.